The molecule has 8 nitrogen and oxygen atoms in total. The van der Waals surface area contributed by atoms with Crippen molar-refractivity contribution in [2.75, 3.05) is 16.7 Å². The quantitative estimate of drug-likeness (QED) is 0.440. The second-order valence-corrected chi connectivity index (χ2v) is 9.99. The Morgan fingerprint density at radius 2 is 1.74 bits per heavy atom. The molecule has 0 aliphatic heterocycles. The molecule has 0 unspecified atom stereocenters. The van der Waals surface area contributed by atoms with Crippen molar-refractivity contribution >= 4 is 50.6 Å². The molecule has 0 fully saturated rings. The summed E-state index contributed by atoms with van der Waals surface area (Å²) in [5.74, 6) is -0.280. The molecule has 0 spiro atoms. The first kappa shape index (κ1) is 21.0. The average Bonchev–Trinajstić information content (AvgIpc) is 3.42. The zero-order chi connectivity index (χ0) is 22.0. The molecule has 11 heteroatoms. The number of hydrogen-bond donors (Lipinski definition) is 1. The van der Waals surface area contributed by atoms with Crippen LogP contribution < -0.4 is 9.62 Å². The van der Waals surface area contributed by atoms with E-state index in [2.05, 4.69) is 15.5 Å². The molecule has 0 aliphatic rings. The molecular weight excluding hydrogens is 460 g/mol. The molecule has 2 heterocycles. The Bertz CT molecular complexity index is 1320. The summed E-state index contributed by atoms with van der Waals surface area (Å²) >= 11 is 7.16. The van der Waals surface area contributed by atoms with Crippen LogP contribution in [0.4, 0.5) is 11.7 Å². The first-order valence-electron chi connectivity index (χ1n) is 8.89. The summed E-state index contributed by atoms with van der Waals surface area (Å²) in [6.45, 7) is 0. The zero-order valence-corrected chi connectivity index (χ0v) is 18.4. The minimum Gasteiger partial charge on any atom is -0.402 e. The molecular formula is C20H15ClN4O4S2. The molecule has 0 radical (unpaired) electrons. The van der Waals surface area contributed by atoms with Crippen molar-refractivity contribution in [3.8, 4) is 10.8 Å². The zero-order valence-electron chi connectivity index (χ0n) is 16.0. The maximum atomic E-state index is 12.8. The Morgan fingerprint density at radius 3 is 2.39 bits per heavy atom. The molecule has 1 amide bonds. The molecule has 31 heavy (non-hydrogen) atoms. The van der Waals surface area contributed by atoms with Gasteiger partial charge in [0.15, 0.2) is 0 Å². The van der Waals surface area contributed by atoms with Gasteiger partial charge < -0.3 is 4.42 Å². The largest absolute Gasteiger partial charge is 0.402 e. The lowest BCUT2D eigenvalue weighted by Gasteiger charge is -2.19. The maximum absolute atomic E-state index is 12.8. The molecule has 0 saturated heterocycles. The molecule has 1 N–H and O–H groups in total. The van der Waals surface area contributed by atoms with Gasteiger partial charge in [0.05, 0.1) is 19.8 Å². The highest BCUT2D eigenvalue weighted by Crippen LogP contribution is 2.30. The van der Waals surface area contributed by atoms with E-state index in [4.69, 9.17) is 16.0 Å². The highest BCUT2D eigenvalue weighted by atomic mass is 35.5. The fourth-order valence-electron chi connectivity index (χ4n) is 2.68. The Balaban J connectivity index is 1.48. The van der Waals surface area contributed by atoms with E-state index in [-0.39, 0.29) is 22.4 Å². The first-order valence-corrected chi connectivity index (χ1v) is 11.5. The van der Waals surface area contributed by atoms with E-state index in [9.17, 15) is 13.2 Å². The van der Waals surface area contributed by atoms with Crippen LogP contribution in [0.5, 0.6) is 0 Å². The molecule has 4 aromatic rings. The SMILES string of the molecule is CN(c1ccccc1)S(=O)(=O)c1ccc(C(=O)Nc2nnc(-c3ccc(Cl)s3)o2)cc1. The van der Waals surface area contributed by atoms with E-state index >= 15 is 0 Å². The number of rotatable bonds is 6. The van der Waals surface area contributed by atoms with Gasteiger partial charge in [-0.2, -0.15) is 0 Å². The summed E-state index contributed by atoms with van der Waals surface area (Å²) in [6.07, 6.45) is 0. The van der Waals surface area contributed by atoms with Gasteiger partial charge in [-0.25, -0.2) is 8.42 Å². The summed E-state index contributed by atoms with van der Waals surface area (Å²) in [6, 6.07) is 17.6. The number of nitrogens with zero attached hydrogens (tertiary/aromatic N) is 3. The van der Waals surface area contributed by atoms with Gasteiger partial charge in [-0.1, -0.05) is 34.9 Å². The number of thiophene rings is 1. The first-order chi connectivity index (χ1) is 14.8. The highest BCUT2D eigenvalue weighted by molar-refractivity contribution is 7.92. The average molecular weight is 475 g/mol. The fourth-order valence-corrected chi connectivity index (χ4v) is 4.84. The van der Waals surface area contributed by atoms with Crippen molar-refractivity contribution in [1.82, 2.24) is 10.2 Å². The fraction of sp³-hybridized carbons (Fsp3) is 0.0500. The van der Waals surface area contributed by atoms with Gasteiger partial charge in [-0.15, -0.1) is 16.4 Å². The van der Waals surface area contributed by atoms with Gasteiger partial charge >= 0.3 is 6.01 Å². The second-order valence-electron chi connectivity index (χ2n) is 6.30. The Hall–Kier alpha value is -3.21. The molecule has 2 aromatic heterocycles. The predicted molar refractivity (Wildman–Crippen MR) is 119 cm³/mol. The van der Waals surface area contributed by atoms with Gasteiger partial charge in [0.25, 0.3) is 21.8 Å². The third kappa shape index (κ3) is 4.46. The minimum atomic E-state index is -3.77. The molecule has 2 aromatic carbocycles. The standard InChI is InChI=1S/C20H15ClN4O4S2/c1-25(14-5-3-2-4-6-14)31(27,28)15-9-7-13(8-10-15)18(26)22-20-24-23-19(29-20)16-11-12-17(21)30-16/h2-12H,1H3,(H,22,24,26). The third-order valence-electron chi connectivity index (χ3n) is 4.32. The second kappa shape index (κ2) is 8.50. The lowest BCUT2D eigenvalue weighted by Crippen LogP contribution is -2.26. The van der Waals surface area contributed by atoms with E-state index in [0.717, 1.165) is 0 Å². The summed E-state index contributed by atoms with van der Waals surface area (Å²) in [4.78, 5) is 13.2. The lowest BCUT2D eigenvalue weighted by atomic mass is 10.2. The number of halogens is 1. The van der Waals surface area contributed by atoms with E-state index < -0.39 is 15.9 Å². The van der Waals surface area contributed by atoms with Gasteiger partial charge in [0, 0.05) is 12.6 Å². The van der Waals surface area contributed by atoms with Crippen molar-refractivity contribution in [2.24, 2.45) is 0 Å². The summed E-state index contributed by atoms with van der Waals surface area (Å²) < 4.78 is 32.8. The van der Waals surface area contributed by atoms with Crippen LogP contribution in [0.1, 0.15) is 10.4 Å². The van der Waals surface area contributed by atoms with Gasteiger partial charge in [-0.3, -0.25) is 14.4 Å². The Morgan fingerprint density at radius 1 is 1.03 bits per heavy atom. The van der Waals surface area contributed by atoms with Crippen LogP contribution in [0, 0.1) is 0 Å². The van der Waals surface area contributed by atoms with E-state index in [1.807, 2.05) is 0 Å². The molecule has 158 valence electrons. The number of hydrogen-bond acceptors (Lipinski definition) is 7. The van der Waals surface area contributed by atoms with Crippen LogP contribution in [-0.4, -0.2) is 31.6 Å². The number of nitrogens with one attached hydrogen (secondary N) is 1. The molecule has 0 atom stereocenters. The number of sulfonamides is 1. The van der Waals surface area contributed by atoms with Crippen LogP contribution in [-0.2, 0) is 10.0 Å². The van der Waals surface area contributed by atoms with Crippen LogP contribution in [0.25, 0.3) is 10.8 Å². The van der Waals surface area contributed by atoms with Crippen LogP contribution in [0.15, 0.2) is 76.0 Å². The maximum Gasteiger partial charge on any atom is 0.322 e. The number of benzene rings is 2. The number of para-hydroxylation sites is 1. The normalized spacial score (nSPS) is 11.3. The molecule has 4 rings (SSSR count). The van der Waals surface area contributed by atoms with Crippen molar-refractivity contribution in [3.05, 3.63) is 76.6 Å². The minimum absolute atomic E-state index is 0.0602. The molecule has 0 saturated carbocycles. The van der Waals surface area contributed by atoms with Crippen LogP contribution >= 0.6 is 22.9 Å². The molecule has 0 aliphatic carbocycles. The van der Waals surface area contributed by atoms with E-state index in [1.165, 1.54) is 47.0 Å². The predicted octanol–water partition coefficient (Wildman–Crippen LogP) is 4.53. The van der Waals surface area contributed by atoms with Crippen molar-refractivity contribution in [3.63, 3.8) is 0 Å². The van der Waals surface area contributed by atoms with Crippen molar-refractivity contribution in [1.29, 1.82) is 0 Å². The van der Waals surface area contributed by atoms with Crippen LogP contribution in [0.2, 0.25) is 4.34 Å². The monoisotopic (exact) mass is 474 g/mol. The number of aromatic nitrogens is 2. The van der Waals surface area contributed by atoms with Gasteiger partial charge in [-0.05, 0) is 48.5 Å². The smallest absolute Gasteiger partial charge is 0.322 e. The summed E-state index contributed by atoms with van der Waals surface area (Å²) in [5.41, 5.74) is 0.767. The molecule has 0 bridgehead atoms. The van der Waals surface area contributed by atoms with Crippen molar-refractivity contribution in [2.45, 2.75) is 4.90 Å². The number of carbonyl (C=O) groups excluding carboxylic acids is 1. The number of amides is 1. The van der Waals surface area contributed by atoms with Crippen molar-refractivity contribution < 1.29 is 17.6 Å². The summed E-state index contributed by atoms with van der Waals surface area (Å²) in [7, 11) is -2.30. The van der Waals surface area contributed by atoms with E-state index in [1.54, 1.807) is 42.5 Å². The van der Waals surface area contributed by atoms with Gasteiger partial charge in [0.1, 0.15) is 0 Å². The Labute approximate surface area is 187 Å². The summed E-state index contributed by atoms with van der Waals surface area (Å²) in [5, 5.41) is 10.2. The van der Waals surface area contributed by atoms with E-state index in [0.29, 0.717) is 14.9 Å². The number of anilines is 2. The number of carbonyl (C=O) groups is 1. The van der Waals surface area contributed by atoms with Crippen LogP contribution in [0.3, 0.4) is 0 Å². The topological polar surface area (TPSA) is 105 Å². The third-order valence-corrected chi connectivity index (χ3v) is 7.34. The van der Waals surface area contributed by atoms with Gasteiger partial charge in [0.2, 0.25) is 0 Å². The lowest BCUT2D eigenvalue weighted by molar-refractivity contribution is 0.102. The Kier molecular flexibility index (Phi) is 5.77. The highest BCUT2D eigenvalue weighted by Gasteiger charge is 2.22.